The van der Waals surface area contributed by atoms with Crippen LogP contribution in [-0.4, -0.2) is 31.2 Å². The van der Waals surface area contributed by atoms with E-state index in [1.165, 1.54) is 38.5 Å². The van der Waals surface area contributed by atoms with E-state index in [1.807, 2.05) is 39.0 Å². The molecule has 5 nitrogen and oxygen atoms in total. The number of hydrogen-bond donors (Lipinski definition) is 2. The van der Waals surface area contributed by atoms with E-state index < -0.39 is 0 Å². The lowest BCUT2D eigenvalue weighted by Crippen LogP contribution is -2.43. The minimum Gasteiger partial charge on any atom is -0.493 e. The maximum atomic E-state index is 12.1. The van der Waals surface area contributed by atoms with Crippen LogP contribution in [0, 0.1) is 0 Å². The van der Waals surface area contributed by atoms with Crippen LogP contribution in [0.2, 0.25) is 0 Å². The Hall–Kier alpha value is -1.75. The van der Waals surface area contributed by atoms with Crippen LogP contribution in [0.4, 0.5) is 0 Å². The molecule has 0 unspecified atom stereocenters. The molecule has 26 heavy (non-hydrogen) atoms. The third kappa shape index (κ3) is 6.87. The average Bonchev–Trinajstić information content (AvgIpc) is 2.85. The first-order valence-electron chi connectivity index (χ1n) is 9.72. The number of methoxy groups -OCH3 is 1. The molecule has 1 aliphatic carbocycles. The van der Waals surface area contributed by atoms with Crippen LogP contribution in [0.3, 0.4) is 0 Å². The molecule has 1 saturated carbocycles. The maximum absolute atomic E-state index is 12.1. The van der Waals surface area contributed by atoms with Crippen LogP contribution in [0.5, 0.6) is 11.5 Å². The molecule has 2 rings (SSSR count). The van der Waals surface area contributed by atoms with Crippen LogP contribution in [-0.2, 0) is 11.3 Å². The molecule has 5 heteroatoms. The average molecular weight is 363 g/mol. The molecule has 0 radical (unpaired) electrons. The number of hydrogen-bond acceptors (Lipinski definition) is 4. The first kappa shape index (κ1) is 20.6. The highest BCUT2D eigenvalue weighted by atomic mass is 16.5. The van der Waals surface area contributed by atoms with Crippen molar-refractivity contribution in [2.24, 2.45) is 0 Å². The summed E-state index contributed by atoms with van der Waals surface area (Å²) in [5.74, 6) is 1.18. The van der Waals surface area contributed by atoms with Gasteiger partial charge in [-0.1, -0.05) is 37.8 Å². The number of para-hydroxylation sites is 1. The van der Waals surface area contributed by atoms with Crippen molar-refractivity contribution in [3.8, 4) is 11.5 Å². The molecule has 2 N–H and O–H groups in total. The van der Waals surface area contributed by atoms with Gasteiger partial charge in [0.15, 0.2) is 18.1 Å². The van der Waals surface area contributed by atoms with Gasteiger partial charge in [0.2, 0.25) is 0 Å². The smallest absolute Gasteiger partial charge is 0.258 e. The standard InChI is InChI=1S/C21H34N2O3/c1-21(2,3)23-19(24)15-26-20-16(10-9-13-18(20)25-4)14-22-17-11-7-5-6-8-12-17/h9-10,13,17,22H,5-8,11-12,14-15H2,1-4H3,(H,23,24). The Labute approximate surface area is 157 Å². The Morgan fingerprint density at radius 3 is 2.46 bits per heavy atom. The van der Waals surface area contributed by atoms with Crippen LogP contribution in [0.25, 0.3) is 0 Å². The summed E-state index contributed by atoms with van der Waals surface area (Å²) < 4.78 is 11.3. The molecule has 0 aliphatic heterocycles. The molecule has 0 bridgehead atoms. The summed E-state index contributed by atoms with van der Waals surface area (Å²) in [6.45, 7) is 6.56. The molecule has 1 amide bonds. The van der Waals surface area contributed by atoms with Crippen molar-refractivity contribution < 1.29 is 14.3 Å². The number of rotatable bonds is 7. The van der Waals surface area contributed by atoms with Crippen LogP contribution >= 0.6 is 0 Å². The second kappa shape index (κ2) is 9.81. The summed E-state index contributed by atoms with van der Waals surface area (Å²) in [7, 11) is 1.62. The zero-order chi connectivity index (χ0) is 19.0. The monoisotopic (exact) mass is 362 g/mol. The van der Waals surface area contributed by atoms with Crippen molar-refractivity contribution in [1.29, 1.82) is 0 Å². The van der Waals surface area contributed by atoms with Gasteiger partial charge in [-0.05, 0) is 39.7 Å². The van der Waals surface area contributed by atoms with E-state index in [-0.39, 0.29) is 18.1 Å². The Morgan fingerprint density at radius 2 is 1.85 bits per heavy atom. The Kier molecular flexibility index (Phi) is 7.76. The summed E-state index contributed by atoms with van der Waals surface area (Å²) in [6.07, 6.45) is 7.74. The number of amides is 1. The predicted octanol–water partition coefficient (Wildman–Crippen LogP) is 3.80. The minimum atomic E-state index is -0.273. The fourth-order valence-electron chi connectivity index (χ4n) is 3.35. The normalized spacial score (nSPS) is 16.0. The van der Waals surface area contributed by atoms with Gasteiger partial charge in [-0.2, -0.15) is 0 Å². The second-order valence-electron chi connectivity index (χ2n) is 8.10. The molecule has 0 aromatic heterocycles. The molecule has 146 valence electrons. The highest BCUT2D eigenvalue weighted by Gasteiger charge is 2.18. The molecule has 1 fully saturated rings. The van der Waals surface area contributed by atoms with E-state index in [9.17, 15) is 4.79 Å². The molecule has 0 heterocycles. The minimum absolute atomic E-state index is 0.0198. The SMILES string of the molecule is COc1cccc(CNC2CCCCCC2)c1OCC(=O)NC(C)(C)C. The van der Waals surface area contributed by atoms with Crippen molar-refractivity contribution in [3.05, 3.63) is 23.8 Å². The molecule has 1 aromatic carbocycles. The van der Waals surface area contributed by atoms with Gasteiger partial charge in [-0.25, -0.2) is 0 Å². The van der Waals surface area contributed by atoms with Crippen molar-refractivity contribution in [3.63, 3.8) is 0 Å². The molecule has 1 aliphatic rings. The van der Waals surface area contributed by atoms with Gasteiger partial charge in [-0.3, -0.25) is 4.79 Å². The summed E-state index contributed by atoms with van der Waals surface area (Å²) in [4.78, 5) is 12.1. The van der Waals surface area contributed by atoms with Crippen LogP contribution in [0.1, 0.15) is 64.9 Å². The summed E-state index contributed by atoms with van der Waals surface area (Å²) in [5.41, 5.74) is 0.752. The number of benzene rings is 1. The Morgan fingerprint density at radius 1 is 1.15 bits per heavy atom. The number of carbonyl (C=O) groups excluding carboxylic acids is 1. The fraction of sp³-hybridized carbons (Fsp3) is 0.667. The number of carbonyl (C=O) groups is 1. The van der Waals surface area contributed by atoms with E-state index >= 15 is 0 Å². The third-order valence-electron chi connectivity index (χ3n) is 4.58. The largest absolute Gasteiger partial charge is 0.493 e. The van der Waals surface area contributed by atoms with Crippen LogP contribution < -0.4 is 20.1 Å². The molecule has 1 aromatic rings. The summed E-state index contributed by atoms with van der Waals surface area (Å²) >= 11 is 0. The molecule has 0 saturated heterocycles. The van der Waals surface area contributed by atoms with Gasteiger partial charge in [-0.15, -0.1) is 0 Å². The second-order valence-corrected chi connectivity index (χ2v) is 8.10. The lowest BCUT2D eigenvalue weighted by atomic mass is 10.1. The third-order valence-corrected chi connectivity index (χ3v) is 4.58. The summed E-state index contributed by atoms with van der Waals surface area (Å²) in [5, 5.41) is 6.58. The van der Waals surface area contributed by atoms with E-state index in [1.54, 1.807) is 7.11 Å². The van der Waals surface area contributed by atoms with Gasteiger partial charge in [0.25, 0.3) is 5.91 Å². The first-order chi connectivity index (χ1) is 12.4. The van der Waals surface area contributed by atoms with Gasteiger partial charge < -0.3 is 20.1 Å². The number of ether oxygens (including phenoxy) is 2. The van der Waals surface area contributed by atoms with Crippen molar-refractivity contribution in [1.82, 2.24) is 10.6 Å². The Bertz CT molecular complexity index is 573. The van der Waals surface area contributed by atoms with Gasteiger partial charge >= 0.3 is 0 Å². The van der Waals surface area contributed by atoms with Crippen molar-refractivity contribution in [2.75, 3.05) is 13.7 Å². The molecular weight excluding hydrogens is 328 g/mol. The van der Waals surface area contributed by atoms with Crippen LogP contribution in [0.15, 0.2) is 18.2 Å². The highest BCUT2D eigenvalue weighted by molar-refractivity contribution is 5.78. The van der Waals surface area contributed by atoms with Gasteiger partial charge in [0.1, 0.15) is 0 Å². The fourth-order valence-corrected chi connectivity index (χ4v) is 3.35. The maximum Gasteiger partial charge on any atom is 0.258 e. The number of nitrogens with one attached hydrogen (secondary N) is 2. The summed E-state index contributed by atoms with van der Waals surface area (Å²) in [6, 6.07) is 6.42. The molecule has 0 atom stereocenters. The van der Waals surface area contributed by atoms with E-state index in [0.717, 1.165) is 12.1 Å². The van der Waals surface area contributed by atoms with Gasteiger partial charge in [0, 0.05) is 23.7 Å². The van der Waals surface area contributed by atoms with E-state index in [0.29, 0.717) is 17.5 Å². The predicted molar refractivity (Wildman–Crippen MR) is 105 cm³/mol. The Balaban J connectivity index is 2.00. The lowest BCUT2D eigenvalue weighted by molar-refractivity contribution is -0.124. The topological polar surface area (TPSA) is 59.6 Å². The van der Waals surface area contributed by atoms with E-state index in [2.05, 4.69) is 10.6 Å². The van der Waals surface area contributed by atoms with Crippen molar-refractivity contribution in [2.45, 2.75) is 77.4 Å². The first-order valence-corrected chi connectivity index (χ1v) is 9.72. The quantitative estimate of drug-likeness (QED) is 0.724. The highest BCUT2D eigenvalue weighted by Crippen LogP contribution is 2.31. The zero-order valence-corrected chi connectivity index (χ0v) is 16.7. The van der Waals surface area contributed by atoms with E-state index in [4.69, 9.17) is 9.47 Å². The zero-order valence-electron chi connectivity index (χ0n) is 16.7. The van der Waals surface area contributed by atoms with Gasteiger partial charge in [0.05, 0.1) is 7.11 Å². The molecular formula is C21H34N2O3. The molecule has 0 spiro atoms. The lowest BCUT2D eigenvalue weighted by Gasteiger charge is -2.22. The van der Waals surface area contributed by atoms with Crippen molar-refractivity contribution >= 4 is 5.91 Å².